The van der Waals surface area contributed by atoms with Gasteiger partial charge in [0.05, 0.1) is 15.2 Å². The molecule has 130 valence electrons. The smallest absolute Gasteiger partial charge is 0.279 e. The molecule has 6 nitrogen and oxygen atoms in total. The molecule has 0 aliphatic carbocycles. The van der Waals surface area contributed by atoms with Crippen LogP contribution in [0.25, 0.3) is 21.6 Å². The van der Waals surface area contributed by atoms with E-state index in [1.807, 2.05) is 24.3 Å². The van der Waals surface area contributed by atoms with Gasteiger partial charge in [-0.05, 0) is 30.3 Å². The number of benzene rings is 2. The Balaban J connectivity index is 1.64. The lowest BCUT2D eigenvalue weighted by molar-refractivity contribution is 0.480. The summed E-state index contributed by atoms with van der Waals surface area (Å²) in [5.41, 5.74) is 1.47. The molecule has 0 amide bonds. The number of imidazole rings is 1. The number of aromatic nitrogens is 3. The topological polar surface area (TPSA) is 98.4 Å². The molecule has 0 bridgehead atoms. The van der Waals surface area contributed by atoms with E-state index in [1.54, 1.807) is 24.3 Å². The van der Waals surface area contributed by atoms with E-state index in [0.717, 1.165) is 10.2 Å². The van der Waals surface area contributed by atoms with Crippen LogP contribution in [-0.2, 0) is 0 Å². The third-order valence-electron chi connectivity index (χ3n) is 3.65. The molecule has 4 aromatic rings. The van der Waals surface area contributed by atoms with Gasteiger partial charge in [-0.2, -0.15) is 10.5 Å². The van der Waals surface area contributed by atoms with Gasteiger partial charge in [0.2, 0.25) is 0 Å². The maximum absolute atomic E-state index is 9.02. The predicted octanol–water partition coefficient (Wildman–Crippen LogP) is 5.53. The van der Waals surface area contributed by atoms with E-state index < -0.39 is 0 Å². The number of hydrogen-bond donors (Lipinski definition) is 1. The molecule has 0 saturated heterocycles. The zero-order valence-corrected chi connectivity index (χ0v) is 15.7. The van der Waals surface area contributed by atoms with Crippen molar-refractivity contribution in [3.63, 3.8) is 0 Å². The first-order valence-electron chi connectivity index (χ1n) is 7.51. The molecule has 0 radical (unpaired) electrons. The molecule has 0 aliphatic rings. The summed E-state index contributed by atoms with van der Waals surface area (Å²) in [5, 5.41) is 19.5. The Morgan fingerprint density at radius 2 is 1.89 bits per heavy atom. The third kappa shape index (κ3) is 3.32. The Hall–Kier alpha value is -3.10. The number of rotatable bonds is 3. The molecular weight excluding hydrogens is 405 g/mol. The van der Waals surface area contributed by atoms with Crippen molar-refractivity contribution in [2.45, 2.75) is 0 Å². The fraction of sp³-hybridized carbons (Fsp3) is 0. The van der Waals surface area contributed by atoms with Gasteiger partial charge in [0.15, 0.2) is 11.4 Å². The van der Waals surface area contributed by atoms with Crippen LogP contribution in [0.1, 0.15) is 11.4 Å². The second-order valence-electron chi connectivity index (χ2n) is 5.37. The first-order valence-corrected chi connectivity index (χ1v) is 9.08. The van der Waals surface area contributed by atoms with Gasteiger partial charge in [-0.25, -0.2) is 9.97 Å². The molecule has 0 spiro atoms. The van der Waals surface area contributed by atoms with Crippen LogP contribution >= 0.6 is 34.5 Å². The van der Waals surface area contributed by atoms with Gasteiger partial charge in [0.1, 0.15) is 23.7 Å². The van der Waals surface area contributed by atoms with Gasteiger partial charge >= 0.3 is 0 Å². The van der Waals surface area contributed by atoms with Crippen molar-refractivity contribution in [2.24, 2.45) is 0 Å². The van der Waals surface area contributed by atoms with Crippen LogP contribution in [0.5, 0.6) is 10.9 Å². The van der Waals surface area contributed by atoms with Crippen LogP contribution in [0.3, 0.4) is 0 Å². The van der Waals surface area contributed by atoms with Gasteiger partial charge in [-0.15, -0.1) is 0 Å². The Kier molecular flexibility index (Phi) is 4.43. The summed E-state index contributed by atoms with van der Waals surface area (Å²) in [6.45, 7) is 0. The molecule has 2 aromatic carbocycles. The number of H-pyrrole nitrogens is 1. The van der Waals surface area contributed by atoms with Crippen molar-refractivity contribution in [2.75, 3.05) is 0 Å². The molecular formula is C18H7Cl2N5OS. The van der Waals surface area contributed by atoms with Crippen molar-refractivity contribution in [3.05, 3.63) is 57.8 Å². The molecule has 1 N–H and O–H groups in total. The van der Waals surface area contributed by atoms with E-state index >= 15 is 0 Å². The summed E-state index contributed by atoms with van der Waals surface area (Å²) in [7, 11) is 0. The number of thiazole rings is 1. The molecule has 0 aliphatic heterocycles. The van der Waals surface area contributed by atoms with E-state index in [9.17, 15) is 0 Å². The van der Waals surface area contributed by atoms with Gasteiger partial charge in [0, 0.05) is 16.7 Å². The largest absolute Gasteiger partial charge is 0.431 e. The highest BCUT2D eigenvalue weighted by Crippen LogP contribution is 2.35. The molecule has 0 fully saturated rings. The van der Waals surface area contributed by atoms with Gasteiger partial charge in [-0.3, -0.25) is 0 Å². The van der Waals surface area contributed by atoms with Gasteiger partial charge < -0.3 is 9.72 Å². The Morgan fingerprint density at radius 3 is 2.59 bits per heavy atom. The highest BCUT2D eigenvalue weighted by Gasteiger charge is 2.15. The number of aromatic amines is 1. The van der Waals surface area contributed by atoms with Crippen molar-refractivity contribution in [3.8, 4) is 34.5 Å². The lowest BCUT2D eigenvalue weighted by Crippen LogP contribution is -1.87. The van der Waals surface area contributed by atoms with Crippen molar-refractivity contribution in [1.82, 2.24) is 15.0 Å². The summed E-state index contributed by atoms with van der Waals surface area (Å²) in [6.07, 6.45) is 0. The molecule has 2 aromatic heterocycles. The van der Waals surface area contributed by atoms with E-state index in [2.05, 4.69) is 15.0 Å². The number of fused-ring (bicyclic) bond motifs is 1. The monoisotopic (exact) mass is 411 g/mol. The minimum absolute atomic E-state index is 0.0250. The average molecular weight is 412 g/mol. The molecule has 9 heteroatoms. The first kappa shape index (κ1) is 17.3. The number of nitrogens with zero attached hydrogens (tertiary/aromatic N) is 4. The standard InChI is InChI=1S/C18H7Cl2N5OS/c19-9-1-4-13-16(5-9)27-18(25-13)26-10-2-3-11(12(20)6-10)17-23-14(7-21)15(8-22)24-17/h1-6H,(H,23,24). The van der Waals surface area contributed by atoms with Crippen molar-refractivity contribution >= 4 is 44.8 Å². The van der Waals surface area contributed by atoms with Crippen molar-refractivity contribution in [1.29, 1.82) is 10.5 Å². The zero-order valence-electron chi connectivity index (χ0n) is 13.3. The predicted molar refractivity (Wildman–Crippen MR) is 103 cm³/mol. The quantitative estimate of drug-likeness (QED) is 0.477. The SMILES string of the molecule is N#Cc1nc(-c2ccc(Oc3nc4ccc(Cl)cc4s3)cc2Cl)[nH]c1C#N. The summed E-state index contributed by atoms with van der Waals surface area (Å²) >= 11 is 13.7. The summed E-state index contributed by atoms with van der Waals surface area (Å²) in [4.78, 5) is 11.3. The van der Waals surface area contributed by atoms with Gasteiger partial charge in [0.25, 0.3) is 5.19 Å². The molecule has 27 heavy (non-hydrogen) atoms. The number of hydrogen-bond acceptors (Lipinski definition) is 6. The van der Waals surface area contributed by atoms with Crippen LogP contribution in [-0.4, -0.2) is 15.0 Å². The maximum Gasteiger partial charge on any atom is 0.279 e. The zero-order chi connectivity index (χ0) is 19.0. The Bertz CT molecular complexity index is 1230. The second-order valence-corrected chi connectivity index (χ2v) is 7.20. The van der Waals surface area contributed by atoms with Gasteiger partial charge in [-0.1, -0.05) is 34.5 Å². The Morgan fingerprint density at radius 1 is 1.04 bits per heavy atom. The first-order chi connectivity index (χ1) is 13.1. The lowest BCUT2D eigenvalue weighted by Gasteiger charge is -2.05. The van der Waals surface area contributed by atoms with Crippen LogP contribution in [0, 0.1) is 22.7 Å². The number of nitrogens with one attached hydrogen (secondary N) is 1. The third-order valence-corrected chi connectivity index (χ3v) is 5.10. The number of halogens is 2. The number of nitriles is 2. The number of ether oxygens (including phenoxy) is 1. The fourth-order valence-corrected chi connectivity index (χ4v) is 3.81. The van der Waals surface area contributed by atoms with Crippen LogP contribution in [0.4, 0.5) is 0 Å². The van der Waals surface area contributed by atoms with Crippen LogP contribution in [0.2, 0.25) is 10.0 Å². The highest BCUT2D eigenvalue weighted by atomic mass is 35.5. The Labute approximate surface area is 167 Å². The minimum Gasteiger partial charge on any atom is -0.431 e. The van der Waals surface area contributed by atoms with E-state index in [4.69, 9.17) is 38.5 Å². The maximum atomic E-state index is 9.02. The minimum atomic E-state index is 0.0250. The summed E-state index contributed by atoms with van der Waals surface area (Å²) < 4.78 is 6.71. The molecule has 0 atom stereocenters. The fourth-order valence-electron chi connectivity index (χ4n) is 2.44. The average Bonchev–Trinajstić information content (AvgIpc) is 3.24. The van der Waals surface area contributed by atoms with E-state index in [1.165, 1.54) is 11.3 Å². The highest BCUT2D eigenvalue weighted by molar-refractivity contribution is 7.20. The normalized spacial score (nSPS) is 10.5. The van der Waals surface area contributed by atoms with Crippen molar-refractivity contribution < 1.29 is 4.74 Å². The molecule has 0 saturated carbocycles. The van der Waals surface area contributed by atoms with Crippen LogP contribution in [0.15, 0.2) is 36.4 Å². The summed E-state index contributed by atoms with van der Waals surface area (Å²) in [5.74, 6) is 0.843. The van der Waals surface area contributed by atoms with Crippen LogP contribution < -0.4 is 4.74 Å². The second kappa shape index (κ2) is 6.90. The molecule has 2 heterocycles. The lowest BCUT2D eigenvalue weighted by atomic mass is 10.2. The molecule has 4 rings (SSSR count). The summed E-state index contributed by atoms with van der Waals surface area (Å²) in [6, 6.07) is 14.2. The van der Waals surface area contributed by atoms with E-state index in [-0.39, 0.29) is 11.4 Å². The van der Waals surface area contributed by atoms with E-state index in [0.29, 0.717) is 32.4 Å². The molecule has 0 unspecified atom stereocenters.